The lowest BCUT2D eigenvalue weighted by Gasteiger charge is -2.17. The Hall–Kier alpha value is -0.280. The third-order valence-corrected chi connectivity index (χ3v) is 2.03. The summed E-state index contributed by atoms with van der Waals surface area (Å²) in [5, 5.41) is 0. The van der Waals surface area contributed by atoms with Crippen molar-refractivity contribution in [3.05, 3.63) is 0 Å². The number of nitrogens with two attached hydrogens (primary N) is 1. The number of carbonyl (C=O) groups excluding carboxylic acids is 1. The van der Waals surface area contributed by atoms with Crippen LogP contribution < -0.4 is 5.73 Å². The molecule has 0 aliphatic carbocycles. The SMILES string of the molecule is CCC(CC)[C@@H](N)C(=O)OC.Cl. The van der Waals surface area contributed by atoms with Crippen LogP contribution in [0.4, 0.5) is 0 Å². The average Bonchev–Trinajstić information content (AvgIpc) is 2.05. The quantitative estimate of drug-likeness (QED) is 0.689. The summed E-state index contributed by atoms with van der Waals surface area (Å²) >= 11 is 0. The van der Waals surface area contributed by atoms with Crippen LogP contribution in [0.25, 0.3) is 0 Å². The first-order valence-electron chi connectivity index (χ1n) is 4.00. The van der Waals surface area contributed by atoms with Gasteiger partial charge in [0.1, 0.15) is 6.04 Å². The molecule has 0 rings (SSSR count). The minimum Gasteiger partial charge on any atom is -0.468 e. The van der Waals surface area contributed by atoms with E-state index in [0.717, 1.165) is 12.8 Å². The minimum atomic E-state index is -0.449. The van der Waals surface area contributed by atoms with Crippen LogP contribution in [0.2, 0.25) is 0 Å². The van der Waals surface area contributed by atoms with Gasteiger partial charge in [0.05, 0.1) is 7.11 Å². The van der Waals surface area contributed by atoms with Crippen LogP contribution in [0.5, 0.6) is 0 Å². The topological polar surface area (TPSA) is 52.3 Å². The van der Waals surface area contributed by atoms with Crippen LogP contribution >= 0.6 is 12.4 Å². The highest BCUT2D eigenvalue weighted by molar-refractivity contribution is 5.85. The lowest BCUT2D eigenvalue weighted by atomic mass is 9.95. The Balaban J connectivity index is 0. The molecule has 2 N–H and O–H groups in total. The molecular formula is C8H18ClNO2. The van der Waals surface area contributed by atoms with Crippen molar-refractivity contribution in [2.45, 2.75) is 32.7 Å². The molecule has 0 aliphatic heterocycles. The fraction of sp³-hybridized carbons (Fsp3) is 0.875. The van der Waals surface area contributed by atoms with E-state index in [2.05, 4.69) is 4.74 Å². The molecule has 0 aliphatic rings. The van der Waals surface area contributed by atoms with Crippen molar-refractivity contribution in [2.75, 3.05) is 7.11 Å². The van der Waals surface area contributed by atoms with Crippen LogP contribution in [0, 0.1) is 5.92 Å². The molecule has 0 saturated carbocycles. The lowest BCUT2D eigenvalue weighted by Crippen LogP contribution is -2.38. The van der Waals surface area contributed by atoms with Gasteiger partial charge in [0.25, 0.3) is 0 Å². The maximum absolute atomic E-state index is 10.9. The Kier molecular flexibility index (Phi) is 8.76. The first kappa shape index (κ1) is 14.3. The normalized spacial score (nSPS) is 12.1. The molecule has 1 atom stereocenters. The number of carbonyl (C=O) groups is 1. The average molecular weight is 196 g/mol. The molecule has 0 aromatic heterocycles. The summed E-state index contributed by atoms with van der Waals surface area (Å²) in [6, 6.07) is -0.449. The van der Waals surface area contributed by atoms with Gasteiger partial charge in [-0.2, -0.15) is 0 Å². The van der Waals surface area contributed by atoms with Gasteiger partial charge in [0, 0.05) is 0 Å². The molecule has 12 heavy (non-hydrogen) atoms. The van der Waals surface area contributed by atoms with Crippen molar-refractivity contribution < 1.29 is 9.53 Å². The second-order valence-corrected chi connectivity index (χ2v) is 2.63. The number of rotatable bonds is 4. The van der Waals surface area contributed by atoms with Crippen LogP contribution in [0.1, 0.15) is 26.7 Å². The molecule has 0 fully saturated rings. The second kappa shape index (κ2) is 7.37. The molecule has 0 unspecified atom stereocenters. The Morgan fingerprint density at radius 3 is 2.08 bits per heavy atom. The Labute approximate surface area is 80.1 Å². The summed E-state index contributed by atoms with van der Waals surface area (Å²) in [5.74, 6) is -0.0545. The summed E-state index contributed by atoms with van der Waals surface area (Å²) in [6.45, 7) is 4.05. The highest BCUT2D eigenvalue weighted by Crippen LogP contribution is 2.11. The van der Waals surface area contributed by atoms with E-state index < -0.39 is 6.04 Å². The second-order valence-electron chi connectivity index (χ2n) is 2.63. The smallest absolute Gasteiger partial charge is 0.322 e. The zero-order chi connectivity index (χ0) is 8.85. The van der Waals surface area contributed by atoms with Gasteiger partial charge in [-0.3, -0.25) is 4.79 Å². The third kappa shape index (κ3) is 3.93. The summed E-state index contributed by atoms with van der Waals surface area (Å²) < 4.78 is 4.53. The first-order chi connectivity index (χ1) is 5.17. The van der Waals surface area contributed by atoms with Gasteiger partial charge in [0.15, 0.2) is 0 Å². The summed E-state index contributed by atoms with van der Waals surface area (Å²) in [6.07, 6.45) is 1.85. The van der Waals surface area contributed by atoms with E-state index in [1.165, 1.54) is 7.11 Å². The Morgan fingerprint density at radius 2 is 1.83 bits per heavy atom. The van der Waals surface area contributed by atoms with E-state index in [9.17, 15) is 4.79 Å². The molecule has 3 nitrogen and oxygen atoms in total. The largest absolute Gasteiger partial charge is 0.468 e. The molecule has 4 heteroatoms. The highest BCUT2D eigenvalue weighted by atomic mass is 35.5. The number of esters is 1. The van der Waals surface area contributed by atoms with Crippen LogP contribution in [0.3, 0.4) is 0 Å². The van der Waals surface area contributed by atoms with Gasteiger partial charge < -0.3 is 10.5 Å². The molecule has 0 heterocycles. The maximum Gasteiger partial charge on any atom is 0.322 e. The number of hydrogen-bond acceptors (Lipinski definition) is 3. The molecule has 0 spiro atoms. The zero-order valence-corrected chi connectivity index (χ0v) is 8.69. The first-order valence-corrected chi connectivity index (χ1v) is 4.00. The van der Waals surface area contributed by atoms with Crippen LogP contribution in [-0.4, -0.2) is 19.1 Å². The fourth-order valence-electron chi connectivity index (χ4n) is 1.13. The van der Waals surface area contributed by atoms with Gasteiger partial charge in [-0.05, 0) is 5.92 Å². The van der Waals surface area contributed by atoms with E-state index in [1.54, 1.807) is 0 Å². The summed E-state index contributed by atoms with van der Waals surface area (Å²) in [5.41, 5.74) is 5.62. The predicted octanol–water partition coefficient (Wildman–Crippen LogP) is 1.34. The van der Waals surface area contributed by atoms with E-state index >= 15 is 0 Å². The van der Waals surface area contributed by atoms with E-state index in [0.29, 0.717) is 0 Å². The number of methoxy groups -OCH3 is 1. The van der Waals surface area contributed by atoms with Gasteiger partial charge in [-0.15, -0.1) is 12.4 Å². The minimum absolute atomic E-state index is 0. The Morgan fingerprint density at radius 1 is 1.42 bits per heavy atom. The predicted molar refractivity (Wildman–Crippen MR) is 51.3 cm³/mol. The highest BCUT2D eigenvalue weighted by Gasteiger charge is 2.21. The third-order valence-electron chi connectivity index (χ3n) is 2.03. The fourth-order valence-corrected chi connectivity index (χ4v) is 1.13. The number of hydrogen-bond donors (Lipinski definition) is 1. The van der Waals surface area contributed by atoms with Crippen LogP contribution in [-0.2, 0) is 9.53 Å². The monoisotopic (exact) mass is 195 g/mol. The number of halogens is 1. The van der Waals surface area contributed by atoms with Gasteiger partial charge >= 0.3 is 5.97 Å². The van der Waals surface area contributed by atoms with Crippen molar-refractivity contribution in [1.82, 2.24) is 0 Å². The molecule has 0 bridgehead atoms. The standard InChI is InChI=1S/C8H17NO2.ClH/c1-4-6(5-2)7(9)8(10)11-3;/h6-7H,4-5,9H2,1-3H3;1H/t7-;/m1./s1. The van der Waals surface area contributed by atoms with Crippen LogP contribution in [0.15, 0.2) is 0 Å². The van der Waals surface area contributed by atoms with E-state index in [1.807, 2.05) is 13.8 Å². The van der Waals surface area contributed by atoms with E-state index in [-0.39, 0.29) is 24.3 Å². The van der Waals surface area contributed by atoms with Crippen molar-refractivity contribution in [1.29, 1.82) is 0 Å². The molecule has 74 valence electrons. The van der Waals surface area contributed by atoms with Crippen molar-refractivity contribution >= 4 is 18.4 Å². The lowest BCUT2D eigenvalue weighted by molar-refractivity contribution is -0.143. The molecular weight excluding hydrogens is 178 g/mol. The molecule has 0 amide bonds. The van der Waals surface area contributed by atoms with Gasteiger partial charge in [-0.25, -0.2) is 0 Å². The van der Waals surface area contributed by atoms with Crippen molar-refractivity contribution in [3.8, 4) is 0 Å². The summed E-state index contributed by atoms with van der Waals surface area (Å²) in [7, 11) is 1.37. The molecule has 0 aromatic carbocycles. The Bertz CT molecular complexity index is 126. The maximum atomic E-state index is 10.9. The van der Waals surface area contributed by atoms with Gasteiger partial charge in [-0.1, -0.05) is 26.7 Å². The van der Waals surface area contributed by atoms with Crippen molar-refractivity contribution in [2.24, 2.45) is 11.7 Å². The molecule has 0 aromatic rings. The number of ether oxygens (including phenoxy) is 1. The van der Waals surface area contributed by atoms with E-state index in [4.69, 9.17) is 5.73 Å². The zero-order valence-electron chi connectivity index (χ0n) is 7.87. The van der Waals surface area contributed by atoms with Crippen molar-refractivity contribution in [3.63, 3.8) is 0 Å². The summed E-state index contributed by atoms with van der Waals surface area (Å²) in [4.78, 5) is 10.9. The molecule has 0 saturated heterocycles. The van der Waals surface area contributed by atoms with Gasteiger partial charge in [0.2, 0.25) is 0 Å². The molecule has 0 radical (unpaired) electrons.